The lowest BCUT2D eigenvalue weighted by atomic mass is 10.1. The number of carbonyl (C=O) groups excluding carboxylic acids is 2. The summed E-state index contributed by atoms with van der Waals surface area (Å²) in [5.74, 6) is 0.157. The zero-order valence-corrected chi connectivity index (χ0v) is 17.9. The van der Waals surface area contributed by atoms with E-state index in [1.807, 2.05) is 13.8 Å². The number of carbonyl (C=O) groups is 2. The smallest absolute Gasteiger partial charge is 0.173 e. The van der Waals surface area contributed by atoms with Gasteiger partial charge in [-0.05, 0) is 61.4 Å². The van der Waals surface area contributed by atoms with E-state index in [4.69, 9.17) is 23.2 Å². The molecule has 128 valence electrons. The second-order valence-corrected chi connectivity index (χ2v) is 6.98. The van der Waals surface area contributed by atoms with Gasteiger partial charge in [0, 0.05) is 21.2 Å². The first-order chi connectivity index (χ1) is 11.3. The van der Waals surface area contributed by atoms with Gasteiger partial charge in [0.1, 0.15) is 0 Å². The summed E-state index contributed by atoms with van der Waals surface area (Å²) in [6.07, 6.45) is 0. The molecular weight excluding hydrogens is 479 g/mol. The predicted molar refractivity (Wildman–Crippen MR) is 109 cm³/mol. The topological polar surface area (TPSA) is 34.1 Å². The highest BCUT2D eigenvalue weighted by Crippen LogP contribution is 2.17. The first kappa shape index (κ1) is 21.4. The van der Waals surface area contributed by atoms with Crippen LogP contribution in [0.25, 0.3) is 0 Å². The molecule has 0 fully saturated rings. The fourth-order valence-corrected chi connectivity index (χ4v) is 2.67. The lowest BCUT2D eigenvalue weighted by molar-refractivity contribution is 0.101. The van der Waals surface area contributed by atoms with Gasteiger partial charge in [-0.25, -0.2) is 0 Å². The molecule has 2 aromatic rings. The Morgan fingerprint density at radius 1 is 0.792 bits per heavy atom. The molecule has 0 saturated heterocycles. The number of Topliss-reactive ketones (excluding diaryl/α,β-unsaturated/α-hetero) is 2. The fraction of sp³-hybridized carbons (Fsp3) is 0.222. The van der Waals surface area contributed by atoms with Crippen LogP contribution in [0.1, 0.15) is 31.8 Å². The Bertz CT molecular complexity index is 682. The largest absolute Gasteiger partial charge is 0.293 e. The lowest BCUT2D eigenvalue weighted by Crippen LogP contribution is -1.99. The normalized spacial score (nSPS) is 9.92. The van der Waals surface area contributed by atoms with Gasteiger partial charge in [0.05, 0.1) is 10.7 Å². The minimum absolute atomic E-state index is 0.0785. The van der Waals surface area contributed by atoms with Gasteiger partial charge in [0.25, 0.3) is 0 Å². The maximum absolute atomic E-state index is 11.2. The summed E-state index contributed by atoms with van der Waals surface area (Å²) in [6.45, 7) is 3.76. The summed E-state index contributed by atoms with van der Waals surface area (Å²) in [7, 11) is 0. The van der Waals surface area contributed by atoms with E-state index < -0.39 is 0 Å². The zero-order chi connectivity index (χ0) is 18.3. The number of benzene rings is 2. The molecule has 2 rings (SSSR count). The van der Waals surface area contributed by atoms with Crippen molar-refractivity contribution in [2.24, 2.45) is 0 Å². The summed E-state index contributed by atoms with van der Waals surface area (Å²) >= 11 is 17.8. The lowest BCUT2D eigenvalue weighted by Gasteiger charge is -2.00. The number of rotatable bonds is 4. The maximum Gasteiger partial charge on any atom is 0.173 e. The van der Waals surface area contributed by atoms with Crippen LogP contribution in [0.15, 0.2) is 36.4 Å². The molecule has 0 N–H and O–H groups in total. The Morgan fingerprint density at radius 2 is 1.12 bits per heavy atom. The van der Waals surface area contributed by atoms with Gasteiger partial charge in [0.2, 0.25) is 0 Å². The number of hydrogen-bond donors (Lipinski definition) is 0. The molecule has 2 nitrogen and oxygen atoms in total. The van der Waals surface area contributed by atoms with Crippen molar-refractivity contribution >= 4 is 66.6 Å². The summed E-state index contributed by atoms with van der Waals surface area (Å²) in [6, 6.07) is 10.6. The van der Waals surface area contributed by atoms with E-state index in [-0.39, 0.29) is 11.6 Å². The van der Waals surface area contributed by atoms with E-state index in [0.717, 1.165) is 11.1 Å². The third kappa shape index (κ3) is 6.32. The molecule has 0 aliphatic heterocycles. The third-order valence-corrected chi connectivity index (χ3v) is 5.07. The second kappa shape index (κ2) is 10.3. The van der Waals surface area contributed by atoms with E-state index in [1.165, 1.54) is 0 Å². The minimum atomic E-state index is 0.0785. The van der Waals surface area contributed by atoms with Crippen LogP contribution in [0.3, 0.4) is 0 Å². The van der Waals surface area contributed by atoms with Crippen molar-refractivity contribution in [3.8, 4) is 0 Å². The highest BCUT2D eigenvalue weighted by molar-refractivity contribution is 9.09. The molecule has 0 spiro atoms. The SMILES string of the molecule is Cc1cc(C(=O)CBr)ccc1Cl.Cc1cc(C(=O)CBr)ccc1Cl. The van der Waals surface area contributed by atoms with Crippen molar-refractivity contribution in [3.63, 3.8) is 0 Å². The third-order valence-electron chi connectivity index (χ3n) is 3.20. The van der Waals surface area contributed by atoms with E-state index in [9.17, 15) is 9.59 Å². The van der Waals surface area contributed by atoms with Crippen LogP contribution in [-0.4, -0.2) is 22.2 Å². The molecule has 0 aliphatic carbocycles. The van der Waals surface area contributed by atoms with Gasteiger partial charge in [0.15, 0.2) is 11.6 Å². The Balaban J connectivity index is 0.000000240. The molecule has 0 radical (unpaired) electrons. The van der Waals surface area contributed by atoms with E-state index in [2.05, 4.69) is 31.9 Å². The van der Waals surface area contributed by atoms with E-state index in [1.54, 1.807) is 36.4 Å². The number of aryl methyl sites for hydroxylation is 2. The second-order valence-electron chi connectivity index (χ2n) is 5.04. The van der Waals surface area contributed by atoms with Gasteiger partial charge in [-0.1, -0.05) is 55.1 Å². The number of hydrogen-bond acceptors (Lipinski definition) is 2. The summed E-state index contributed by atoms with van der Waals surface area (Å²) < 4.78 is 0. The van der Waals surface area contributed by atoms with Crippen molar-refractivity contribution in [1.29, 1.82) is 0 Å². The zero-order valence-electron chi connectivity index (χ0n) is 13.2. The van der Waals surface area contributed by atoms with Crippen molar-refractivity contribution in [2.75, 3.05) is 10.7 Å². The molecule has 0 heterocycles. The van der Waals surface area contributed by atoms with Crippen LogP contribution in [0, 0.1) is 13.8 Å². The van der Waals surface area contributed by atoms with Gasteiger partial charge >= 0.3 is 0 Å². The van der Waals surface area contributed by atoms with Crippen LogP contribution >= 0.6 is 55.1 Å². The Morgan fingerprint density at radius 3 is 1.38 bits per heavy atom. The number of alkyl halides is 2. The van der Waals surface area contributed by atoms with Crippen LogP contribution in [-0.2, 0) is 0 Å². The molecule has 0 aromatic heterocycles. The molecule has 2 aromatic carbocycles. The first-order valence-corrected chi connectivity index (χ1v) is 10.0. The van der Waals surface area contributed by atoms with E-state index in [0.29, 0.717) is 31.8 Å². The minimum Gasteiger partial charge on any atom is -0.293 e. The van der Waals surface area contributed by atoms with Crippen molar-refractivity contribution in [3.05, 3.63) is 68.7 Å². The van der Waals surface area contributed by atoms with Crippen LogP contribution in [0.2, 0.25) is 10.0 Å². The average Bonchev–Trinajstić information content (AvgIpc) is 2.58. The van der Waals surface area contributed by atoms with E-state index >= 15 is 0 Å². The summed E-state index contributed by atoms with van der Waals surface area (Å²) in [5, 5.41) is 2.10. The van der Waals surface area contributed by atoms with Gasteiger partial charge < -0.3 is 0 Å². The summed E-state index contributed by atoms with van der Waals surface area (Å²) in [5.41, 5.74) is 3.27. The van der Waals surface area contributed by atoms with Gasteiger partial charge in [-0.2, -0.15) is 0 Å². The number of ketones is 2. The molecule has 0 aliphatic rings. The monoisotopic (exact) mass is 492 g/mol. The summed E-state index contributed by atoms with van der Waals surface area (Å²) in [4.78, 5) is 22.4. The predicted octanol–water partition coefficient (Wildman–Crippen LogP) is 6.45. The van der Waals surface area contributed by atoms with Crippen molar-refractivity contribution in [2.45, 2.75) is 13.8 Å². The quantitative estimate of drug-likeness (QED) is 0.361. The number of halogens is 4. The molecule has 24 heavy (non-hydrogen) atoms. The Hall–Kier alpha value is -0.680. The first-order valence-electron chi connectivity index (χ1n) is 7.00. The highest BCUT2D eigenvalue weighted by Gasteiger charge is 2.05. The maximum atomic E-state index is 11.2. The van der Waals surface area contributed by atoms with Gasteiger partial charge in [-0.15, -0.1) is 0 Å². The van der Waals surface area contributed by atoms with Crippen LogP contribution in [0.4, 0.5) is 0 Å². The van der Waals surface area contributed by atoms with Crippen molar-refractivity contribution < 1.29 is 9.59 Å². The van der Waals surface area contributed by atoms with Gasteiger partial charge in [-0.3, -0.25) is 9.59 Å². The Labute approximate surface area is 168 Å². The fourth-order valence-electron chi connectivity index (χ4n) is 1.79. The van der Waals surface area contributed by atoms with Crippen molar-refractivity contribution in [1.82, 2.24) is 0 Å². The van der Waals surface area contributed by atoms with Crippen LogP contribution in [0.5, 0.6) is 0 Å². The molecule has 0 saturated carbocycles. The molecule has 6 heteroatoms. The molecular formula is C18H16Br2Cl2O2. The van der Waals surface area contributed by atoms with Crippen LogP contribution < -0.4 is 0 Å². The molecule has 0 unspecified atom stereocenters. The molecule has 0 bridgehead atoms. The molecule has 0 amide bonds. The molecule has 0 atom stereocenters. The standard InChI is InChI=1S/2C9H8BrClO/c2*1-6-4-7(9(12)5-10)2-3-8(6)11/h2*2-4H,5H2,1H3. The average molecular weight is 495 g/mol. The highest BCUT2D eigenvalue weighted by atomic mass is 79.9. The Kier molecular flexibility index (Phi) is 9.21.